The number of hydrogen-bond donors (Lipinski definition) is 3. The minimum Gasteiger partial charge on any atom is -0.393 e. The van der Waals surface area contributed by atoms with Gasteiger partial charge in [0.25, 0.3) is 17.5 Å². The molecule has 8 nitrogen and oxygen atoms in total. The molecule has 0 aliphatic heterocycles. The minimum atomic E-state index is -4.49. The van der Waals surface area contributed by atoms with Gasteiger partial charge in [0.05, 0.1) is 16.1 Å². The summed E-state index contributed by atoms with van der Waals surface area (Å²) in [5.74, 6) is -1.27. The molecule has 2 amide bonds. The van der Waals surface area contributed by atoms with Gasteiger partial charge in [-0.1, -0.05) is 0 Å². The van der Waals surface area contributed by atoms with E-state index in [0.29, 0.717) is 5.56 Å². The van der Waals surface area contributed by atoms with Crippen LogP contribution in [0.1, 0.15) is 31.8 Å². The first kappa shape index (κ1) is 21.7. The smallest absolute Gasteiger partial charge is 0.393 e. The number of rotatable bonds is 6. The number of nitrogens with two attached hydrogens (primary N) is 1. The number of halogens is 3. The zero-order chi connectivity index (χ0) is 21.8. The second-order valence-electron chi connectivity index (χ2n) is 6.09. The maximum Gasteiger partial charge on any atom is 0.416 e. The Hall–Kier alpha value is -3.63. The number of amides is 2. The second-order valence-corrected chi connectivity index (χ2v) is 6.09. The van der Waals surface area contributed by atoms with Crippen molar-refractivity contribution in [3.05, 3.63) is 68.8 Å². The summed E-state index contributed by atoms with van der Waals surface area (Å²) < 4.78 is 37.6. The fourth-order valence-electron chi connectivity index (χ4n) is 2.48. The van der Waals surface area contributed by atoms with E-state index in [1.807, 2.05) is 0 Å². The van der Waals surface area contributed by atoms with Gasteiger partial charge in [-0.25, -0.2) is 0 Å². The number of alkyl halides is 3. The van der Waals surface area contributed by atoms with E-state index in [1.54, 1.807) is 6.92 Å². The molecule has 2 rings (SSSR count). The molecule has 0 fully saturated rings. The van der Waals surface area contributed by atoms with Crippen LogP contribution in [0.15, 0.2) is 36.4 Å². The van der Waals surface area contributed by atoms with Gasteiger partial charge in [0.2, 0.25) is 0 Å². The topological polar surface area (TPSA) is 127 Å². The van der Waals surface area contributed by atoms with Gasteiger partial charge >= 0.3 is 6.18 Å². The van der Waals surface area contributed by atoms with Crippen LogP contribution >= 0.6 is 0 Å². The molecule has 0 atom stereocenters. The third kappa shape index (κ3) is 5.43. The summed E-state index contributed by atoms with van der Waals surface area (Å²) in [4.78, 5) is 34.4. The quantitative estimate of drug-likeness (QED) is 0.292. The van der Waals surface area contributed by atoms with E-state index in [4.69, 9.17) is 5.73 Å². The predicted octanol–water partition coefficient (Wildman–Crippen LogP) is 2.66. The Balaban J connectivity index is 1.91. The molecule has 4 N–H and O–H groups in total. The van der Waals surface area contributed by atoms with Crippen LogP contribution in [0, 0.1) is 17.0 Å². The summed E-state index contributed by atoms with van der Waals surface area (Å²) in [5, 5.41) is 15.9. The van der Waals surface area contributed by atoms with E-state index in [2.05, 4.69) is 10.6 Å². The first-order chi connectivity index (χ1) is 13.5. The summed E-state index contributed by atoms with van der Waals surface area (Å²) in [5.41, 5.74) is 4.59. The fraction of sp³-hybridized carbons (Fsp3) is 0.222. The number of nitro groups is 1. The van der Waals surface area contributed by atoms with Crippen LogP contribution in [-0.2, 0) is 6.18 Å². The predicted molar refractivity (Wildman–Crippen MR) is 98.4 cm³/mol. The van der Waals surface area contributed by atoms with Crippen molar-refractivity contribution in [2.24, 2.45) is 0 Å². The highest BCUT2D eigenvalue weighted by atomic mass is 19.4. The molecule has 0 radical (unpaired) electrons. The molecule has 0 saturated heterocycles. The lowest BCUT2D eigenvalue weighted by Gasteiger charge is -2.10. The van der Waals surface area contributed by atoms with Gasteiger partial charge in [-0.15, -0.1) is 0 Å². The van der Waals surface area contributed by atoms with Crippen LogP contribution in [0.5, 0.6) is 0 Å². The molecule has 0 heterocycles. The van der Waals surface area contributed by atoms with Crippen molar-refractivity contribution in [2.45, 2.75) is 13.1 Å². The lowest BCUT2D eigenvalue weighted by Crippen LogP contribution is -2.35. The van der Waals surface area contributed by atoms with E-state index in [0.717, 1.165) is 24.3 Å². The molecule has 0 saturated carbocycles. The number of aryl methyl sites for hydroxylation is 1. The average Bonchev–Trinajstić information content (AvgIpc) is 2.65. The van der Waals surface area contributed by atoms with Crippen LogP contribution in [0.4, 0.5) is 24.5 Å². The molecule has 0 unspecified atom stereocenters. The number of nitro benzene ring substituents is 1. The molecular formula is C18H17F3N4O4. The number of carbonyl (C=O) groups is 2. The van der Waals surface area contributed by atoms with Crippen LogP contribution < -0.4 is 16.4 Å². The number of nitrogens with one attached hydrogen (secondary N) is 2. The van der Waals surface area contributed by atoms with Gasteiger partial charge in [-0.05, 0) is 42.8 Å². The van der Waals surface area contributed by atoms with Gasteiger partial charge in [0.1, 0.15) is 5.69 Å². The van der Waals surface area contributed by atoms with E-state index in [9.17, 15) is 32.9 Å². The first-order valence-electron chi connectivity index (χ1n) is 8.29. The molecule has 0 aromatic heterocycles. The summed E-state index contributed by atoms with van der Waals surface area (Å²) in [6, 6.07) is 6.33. The SMILES string of the molecule is Cc1cc(C(=O)NCCNC(=O)c2ccc(C(F)(F)F)cc2)c(N)c([N+](=O)[O-])c1. The van der Waals surface area contributed by atoms with Crippen molar-refractivity contribution < 1.29 is 27.7 Å². The van der Waals surface area contributed by atoms with Gasteiger partial charge < -0.3 is 16.4 Å². The normalized spacial score (nSPS) is 11.0. The summed E-state index contributed by atoms with van der Waals surface area (Å²) >= 11 is 0. The number of nitrogen functional groups attached to an aromatic ring is 1. The van der Waals surface area contributed by atoms with Crippen molar-refractivity contribution in [2.75, 3.05) is 18.8 Å². The van der Waals surface area contributed by atoms with Crippen LogP contribution in [0.3, 0.4) is 0 Å². The molecule has 11 heteroatoms. The van der Waals surface area contributed by atoms with Crippen LogP contribution in [-0.4, -0.2) is 29.8 Å². The van der Waals surface area contributed by atoms with Crippen LogP contribution in [0.2, 0.25) is 0 Å². The largest absolute Gasteiger partial charge is 0.416 e. The summed E-state index contributed by atoms with van der Waals surface area (Å²) in [6.45, 7) is 1.54. The average molecular weight is 410 g/mol. The Kier molecular flexibility index (Phi) is 6.42. The van der Waals surface area contributed by atoms with Crippen LogP contribution in [0.25, 0.3) is 0 Å². The first-order valence-corrected chi connectivity index (χ1v) is 8.29. The zero-order valence-electron chi connectivity index (χ0n) is 15.2. The molecule has 0 bridgehead atoms. The maximum absolute atomic E-state index is 12.5. The third-order valence-corrected chi connectivity index (χ3v) is 3.91. The standard InChI is InChI=1S/C18H17F3N4O4/c1-10-8-13(15(22)14(9-10)25(28)29)17(27)24-7-6-23-16(26)11-2-4-12(5-3-11)18(19,20)21/h2-5,8-9H,6-7,22H2,1H3,(H,23,26)(H,24,27). The van der Waals surface area contributed by atoms with Crippen molar-refractivity contribution in [3.63, 3.8) is 0 Å². The number of nitrogens with zero attached hydrogens (tertiary/aromatic N) is 1. The summed E-state index contributed by atoms with van der Waals surface area (Å²) in [6.07, 6.45) is -4.49. The highest BCUT2D eigenvalue weighted by Gasteiger charge is 2.30. The van der Waals surface area contributed by atoms with Gasteiger partial charge in [-0.3, -0.25) is 19.7 Å². The number of hydrogen-bond acceptors (Lipinski definition) is 5. The molecule has 2 aromatic carbocycles. The molecule has 29 heavy (non-hydrogen) atoms. The second kappa shape index (κ2) is 8.59. The van der Waals surface area contributed by atoms with Crippen molar-refractivity contribution in [1.82, 2.24) is 10.6 Å². The van der Waals surface area contributed by atoms with Crippen molar-refractivity contribution in [3.8, 4) is 0 Å². The van der Waals surface area contributed by atoms with Crippen molar-refractivity contribution >= 4 is 23.2 Å². The van der Waals surface area contributed by atoms with E-state index >= 15 is 0 Å². The molecular weight excluding hydrogens is 393 g/mol. The third-order valence-electron chi connectivity index (χ3n) is 3.91. The molecule has 0 aliphatic rings. The zero-order valence-corrected chi connectivity index (χ0v) is 15.2. The molecule has 0 spiro atoms. The van der Waals surface area contributed by atoms with Crippen molar-refractivity contribution in [1.29, 1.82) is 0 Å². The number of benzene rings is 2. The van der Waals surface area contributed by atoms with Gasteiger partial charge in [0.15, 0.2) is 0 Å². The number of anilines is 1. The van der Waals surface area contributed by atoms with E-state index in [1.165, 1.54) is 12.1 Å². The fourth-order valence-corrected chi connectivity index (χ4v) is 2.48. The molecule has 0 aliphatic carbocycles. The minimum absolute atomic E-state index is 0.0145. The van der Waals surface area contributed by atoms with E-state index < -0.39 is 28.5 Å². The summed E-state index contributed by atoms with van der Waals surface area (Å²) in [7, 11) is 0. The number of carbonyl (C=O) groups excluding carboxylic acids is 2. The molecule has 154 valence electrons. The van der Waals surface area contributed by atoms with Gasteiger partial charge in [0, 0.05) is 24.7 Å². The Morgan fingerprint density at radius 2 is 1.62 bits per heavy atom. The Labute approximate surface area is 163 Å². The molecule has 2 aromatic rings. The Morgan fingerprint density at radius 1 is 1.07 bits per heavy atom. The Bertz CT molecular complexity index is 943. The lowest BCUT2D eigenvalue weighted by molar-refractivity contribution is -0.384. The maximum atomic E-state index is 12.5. The highest BCUT2D eigenvalue weighted by Crippen LogP contribution is 2.29. The Morgan fingerprint density at radius 3 is 2.14 bits per heavy atom. The highest BCUT2D eigenvalue weighted by molar-refractivity contribution is 6.01. The monoisotopic (exact) mass is 410 g/mol. The lowest BCUT2D eigenvalue weighted by atomic mass is 10.1. The van der Waals surface area contributed by atoms with Gasteiger partial charge in [-0.2, -0.15) is 13.2 Å². The van der Waals surface area contributed by atoms with E-state index in [-0.39, 0.29) is 35.6 Å².